The molecule has 21 heavy (non-hydrogen) atoms. The van der Waals surface area contributed by atoms with Gasteiger partial charge in [0.05, 0.1) is 0 Å². The van der Waals surface area contributed by atoms with Gasteiger partial charge in [-0.15, -0.1) is 0 Å². The minimum absolute atomic E-state index is 0.371. The van der Waals surface area contributed by atoms with Gasteiger partial charge in [-0.2, -0.15) is 0 Å². The number of nitrogens with zero attached hydrogens (tertiary/aromatic N) is 1. The Balaban J connectivity index is 1.85. The summed E-state index contributed by atoms with van der Waals surface area (Å²) in [5.41, 5.74) is 3.19. The highest BCUT2D eigenvalue weighted by Crippen LogP contribution is 2.32. The molecule has 1 heterocycles. The van der Waals surface area contributed by atoms with Crippen LogP contribution in [0.4, 0.5) is 0 Å². The predicted octanol–water partition coefficient (Wildman–Crippen LogP) is 2.33. The van der Waals surface area contributed by atoms with E-state index in [9.17, 15) is 4.79 Å². The van der Waals surface area contributed by atoms with Crippen LogP contribution in [0.25, 0.3) is 0 Å². The molecule has 1 aliphatic carbocycles. The Bertz CT molecular complexity index is 526. The molecule has 1 aromatic carbocycles. The first-order valence-corrected chi connectivity index (χ1v) is 7.65. The van der Waals surface area contributed by atoms with Crippen LogP contribution in [0.3, 0.4) is 0 Å². The third-order valence-electron chi connectivity index (χ3n) is 4.62. The second-order valence-corrected chi connectivity index (χ2v) is 6.03. The lowest BCUT2D eigenvalue weighted by atomic mass is 10.1. The van der Waals surface area contributed by atoms with E-state index in [1.165, 1.54) is 25.7 Å². The zero-order chi connectivity index (χ0) is 14.8. The molecule has 1 aliphatic heterocycles. The fourth-order valence-corrected chi connectivity index (χ4v) is 3.41. The SMILES string of the molecule is CC1COc2cc(C(=O)NO)ccc2CN1C1CCCC1. The fourth-order valence-electron chi connectivity index (χ4n) is 3.41. The lowest BCUT2D eigenvalue weighted by Crippen LogP contribution is -2.41. The van der Waals surface area contributed by atoms with Crippen molar-refractivity contribution < 1.29 is 14.7 Å². The topological polar surface area (TPSA) is 61.8 Å². The molecular formula is C16H22N2O3. The first kappa shape index (κ1) is 14.4. The van der Waals surface area contributed by atoms with Crippen molar-refractivity contribution >= 4 is 5.91 Å². The fraction of sp³-hybridized carbons (Fsp3) is 0.562. The van der Waals surface area contributed by atoms with Crippen molar-refractivity contribution in [1.82, 2.24) is 10.4 Å². The highest BCUT2D eigenvalue weighted by molar-refractivity contribution is 5.93. The number of hydroxylamine groups is 1. The van der Waals surface area contributed by atoms with Crippen molar-refractivity contribution in [2.45, 2.75) is 51.2 Å². The third kappa shape index (κ3) is 2.89. The normalized spacial score (nSPS) is 23.2. The highest BCUT2D eigenvalue weighted by atomic mass is 16.5. The molecule has 1 unspecified atom stereocenters. The van der Waals surface area contributed by atoms with E-state index in [-0.39, 0.29) is 0 Å². The maximum absolute atomic E-state index is 11.5. The maximum Gasteiger partial charge on any atom is 0.274 e. The van der Waals surface area contributed by atoms with Crippen molar-refractivity contribution in [2.75, 3.05) is 6.61 Å². The van der Waals surface area contributed by atoms with Crippen molar-refractivity contribution in [3.63, 3.8) is 0 Å². The monoisotopic (exact) mass is 290 g/mol. The van der Waals surface area contributed by atoms with E-state index in [4.69, 9.17) is 9.94 Å². The highest BCUT2D eigenvalue weighted by Gasteiger charge is 2.30. The quantitative estimate of drug-likeness (QED) is 0.648. The second-order valence-electron chi connectivity index (χ2n) is 6.03. The van der Waals surface area contributed by atoms with E-state index < -0.39 is 5.91 Å². The van der Waals surface area contributed by atoms with Gasteiger partial charge in [-0.25, -0.2) is 5.48 Å². The van der Waals surface area contributed by atoms with Crippen LogP contribution >= 0.6 is 0 Å². The molecule has 2 N–H and O–H groups in total. The molecule has 0 saturated heterocycles. The number of hydrogen-bond donors (Lipinski definition) is 2. The van der Waals surface area contributed by atoms with Gasteiger partial charge in [0.1, 0.15) is 12.4 Å². The third-order valence-corrected chi connectivity index (χ3v) is 4.62. The van der Waals surface area contributed by atoms with Gasteiger partial charge < -0.3 is 4.74 Å². The smallest absolute Gasteiger partial charge is 0.274 e. The lowest BCUT2D eigenvalue weighted by molar-refractivity contribution is 0.0706. The van der Waals surface area contributed by atoms with E-state index >= 15 is 0 Å². The first-order chi connectivity index (χ1) is 10.2. The summed E-state index contributed by atoms with van der Waals surface area (Å²) >= 11 is 0. The van der Waals surface area contributed by atoms with Gasteiger partial charge in [-0.05, 0) is 31.9 Å². The summed E-state index contributed by atoms with van der Waals surface area (Å²) < 4.78 is 5.88. The summed E-state index contributed by atoms with van der Waals surface area (Å²) in [5.74, 6) is 0.245. The number of nitrogens with one attached hydrogen (secondary N) is 1. The Hall–Kier alpha value is -1.59. The Morgan fingerprint density at radius 3 is 2.86 bits per heavy atom. The molecule has 0 aromatic heterocycles. The second kappa shape index (κ2) is 6.03. The van der Waals surface area contributed by atoms with E-state index in [1.54, 1.807) is 17.6 Å². The van der Waals surface area contributed by atoms with Crippen molar-refractivity contribution in [3.05, 3.63) is 29.3 Å². The minimum Gasteiger partial charge on any atom is -0.492 e. The maximum atomic E-state index is 11.5. The van der Waals surface area contributed by atoms with Gasteiger partial charge >= 0.3 is 0 Å². The van der Waals surface area contributed by atoms with Crippen LogP contribution in [0.2, 0.25) is 0 Å². The van der Waals surface area contributed by atoms with Crippen LogP contribution in [0.1, 0.15) is 48.5 Å². The molecule has 3 rings (SSSR count). The van der Waals surface area contributed by atoms with Crippen LogP contribution in [0.15, 0.2) is 18.2 Å². The molecule has 0 spiro atoms. The van der Waals surface area contributed by atoms with E-state index in [2.05, 4.69) is 11.8 Å². The Morgan fingerprint density at radius 2 is 2.14 bits per heavy atom. The Labute approximate surface area is 124 Å². The molecule has 5 nitrogen and oxygen atoms in total. The summed E-state index contributed by atoms with van der Waals surface area (Å²) in [6.45, 7) is 3.70. The summed E-state index contributed by atoms with van der Waals surface area (Å²) in [5, 5.41) is 8.73. The van der Waals surface area contributed by atoms with Gasteiger partial charge in [-0.3, -0.25) is 14.9 Å². The van der Waals surface area contributed by atoms with E-state index in [0.717, 1.165) is 17.9 Å². The van der Waals surface area contributed by atoms with E-state index in [0.29, 0.717) is 24.3 Å². The van der Waals surface area contributed by atoms with Crippen molar-refractivity contribution in [1.29, 1.82) is 0 Å². The molecule has 114 valence electrons. The number of amides is 1. The van der Waals surface area contributed by atoms with Crippen molar-refractivity contribution in [2.24, 2.45) is 0 Å². The number of benzene rings is 1. The molecule has 2 aliphatic rings. The number of ether oxygens (including phenoxy) is 1. The van der Waals surface area contributed by atoms with E-state index in [1.807, 2.05) is 6.07 Å². The molecule has 5 heteroatoms. The van der Waals surface area contributed by atoms with Crippen LogP contribution in [-0.2, 0) is 6.54 Å². The molecule has 1 fully saturated rings. The molecule has 1 atom stereocenters. The first-order valence-electron chi connectivity index (χ1n) is 7.65. The summed E-state index contributed by atoms with van der Waals surface area (Å²) in [6.07, 6.45) is 5.17. The van der Waals surface area contributed by atoms with Crippen LogP contribution < -0.4 is 10.2 Å². The average molecular weight is 290 g/mol. The number of carbonyl (C=O) groups excluding carboxylic acids is 1. The van der Waals surface area contributed by atoms with Gasteiger partial charge in [0.2, 0.25) is 0 Å². The van der Waals surface area contributed by atoms with Crippen LogP contribution in [0.5, 0.6) is 5.75 Å². The van der Waals surface area contributed by atoms with Gasteiger partial charge in [0.15, 0.2) is 0 Å². The number of hydrogen-bond acceptors (Lipinski definition) is 4. The zero-order valence-corrected chi connectivity index (χ0v) is 12.3. The number of carbonyl (C=O) groups is 1. The van der Waals surface area contributed by atoms with Crippen LogP contribution in [0, 0.1) is 0 Å². The standard InChI is InChI=1S/C16H22N2O3/c1-11-10-21-15-8-12(16(19)17-20)6-7-13(15)9-18(11)14-4-2-3-5-14/h6-8,11,14,20H,2-5,9-10H2,1H3,(H,17,19). The lowest BCUT2D eigenvalue weighted by Gasteiger charge is -2.32. The Kier molecular flexibility index (Phi) is 4.12. The summed E-state index contributed by atoms with van der Waals surface area (Å²) in [6, 6.07) is 6.40. The van der Waals surface area contributed by atoms with Gasteiger partial charge in [0.25, 0.3) is 5.91 Å². The molecule has 1 aromatic rings. The van der Waals surface area contributed by atoms with Gasteiger partial charge in [0, 0.05) is 29.8 Å². The predicted molar refractivity (Wildman–Crippen MR) is 78.5 cm³/mol. The number of fused-ring (bicyclic) bond motifs is 1. The minimum atomic E-state index is -0.508. The summed E-state index contributed by atoms with van der Waals surface area (Å²) in [7, 11) is 0. The molecule has 1 saturated carbocycles. The summed E-state index contributed by atoms with van der Waals surface area (Å²) in [4.78, 5) is 14.0. The molecule has 0 bridgehead atoms. The Morgan fingerprint density at radius 1 is 1.38 bits per heavy atom. The molecular weight excluding hydrogens is 268 g/mol. The van der Waals surface area contributed by atoms with Crippen molar-refractivity contribution in [3.8, 4) is 5.75 Å². The van der Waals surface area contributed by atoms with Crippen LogP contribution in [-0.4, -0.2) is 34.7 Å². The average Bonchev–Trinajstić information content (AvgIpc) is 2.98. The molecule has 0 radical (unpaired) electrons. The molecule has 1 amide bonds. The number of rotatable bonds is 2. The van der Waals surface area contributed by atoms with Gasteiger partial charge in [-0.1, -0.05) is 18.9 Å². The largest absolute Gasteiger partial charge is 0.492 e. The zero-order valence-electron chi connectivity index (χ0n) is 12.3.